The van der Waals surface area contributed by atoms with Gasteiger partial charge in [-0.25, -0.2) is 0 Å². The van der Waals surface area contributed by atoms with Crippen molar-refractivity contribution >= 4 is 23.2 Å². The fourth-order valence-electron chi connectivity index (χ4n) is 0.839. The van der Waals surface area contributed by atoms with Gasteiger partial charge in [0.25, 0.3) is 0 Å². The molecule has 76 valence electrons. The lowest BCUT2D eigenvalue weighted by molar-refractivity contribution is -0.130. The van der Waals surface area contributed by atoms with Crippen LogP contribution in [0.3, 0.4) is 0 Å². The largest absolute Gasteiger partial charge is 0.400 e. The van der Waals surface area contributed by atoms with E-state index in [9.17, 15) is 13.6 Å². The molecule has 0 saturated heterocycles. The van der Waals surface area contributed by atoms with E-state index in [4.69, 9.17) is 0 Å². The third-order valence-corrected chi connectivity index (χ3v) is 1.74. The molecule has 2 nitrogen and oxygen atoms in total. The lowest BCUT2D eigenvalue weighted by Gasteiger charge is -2.08. The van der Waals surface area contributed by atoms with Crippen LogP contribution in [-0.2, 0) is 4.79 Å². The number of rotatable bonds is 2. The monoisotopic (exact) mass is 219 g/mol. The van der Waals surface area contributed by atoms with E-state index in [1.165, 1.54) is 12.1 Å². The fraction of sp³-hybridized carbons (Fsp3) is 0.222. The number of nitrogens with one attached hydrogen (secondary N) is 1. The third-order valence-electron chi connectivity index (χ3n) is 1.57. The Morgan fingerprint density at radius 2 is 1.86 bits per heavy atom. The van der Waals surface area contributed by atoms with Crippen LogP contribution in [0.25, 0.3) is 0 Å². The summed E-state index contributed by atoms with van der Waals surface area (Å²) in [4.78, 5) is 10.7. The van der Waals surface area contributed by atoms with Gasteiger partial charge in [0.05, 0.1) is 0 Å². The second kappa shape index (κ2) is 3.92. The highest BCUT2D eigenvalue weighted by Gasteiger charge is 2.35. The first-order valence-corrected chi connectivity index (χ1v) is 4.22. The van der Waals surface area contributed by atoms with E-state index in [0.29, 0.717) is 5.69 Å². The minimum absolute atomic E-state index is 0.293. The van der Waals surface area contributed by atoms with Crippen molar-refractivity contribution in [3.05, 3.63) is 29.8 Å². The Morgan fingerprint density at radius 3 is 2.29 bits per heavy atom. The lowest BCUT2D eigenvalue weighted by Crippen LogP contribution is -2.28. The number of carbonyl (C=O) groups excluding carboxylic acids is 1. The molecule has 1 amide bonds. The number of hydrogen-bond acceptors (Lipinski definition) is 1. The average Bonchev–Trinajstić information content (AvgIpc) is 2.07. The van der Waals surface area contributed by atoms with Crippen LogP contribution < -0.4 is 5.32 Å². The van der Waals surface area contributed by atoms with E-state index < -0.39 is 11.3 Å². The first-order valence-electron chi connectivity index (χ1n) is 3.84. The van der Waals surface area contributed by atoms with Crippen LogP contribution in [0, 0.1) is 6.92 Å². The molecule has 0 radical (unpaired) electrons. The Kier molecular flexibility index (Phi) is 3.06. The quantitative estimate of drug-likeness (QED) is 0.762. The zero-order chi connectivity index (χ0) is 10.8. The Hall–Kier alpha value is -1.16. The van der Waals surface area contributed by atoms with Crippen LogP contribution in [0.15, 0.2) is 24.3 Å². The van der Waals surface area contributed by atoms with Crippen molar-refractivity contribution in [3.8, 4) is 0 Å². The van der Waals surface area contributed by atoms with Crippen LogP contribution in [-0.4, -0.2) is 11.3 Å². The van der Waals surface area contributed by atoms with E-state index >= 15 is 0 Å². The molecule has 0 fully saturated rings. The highest BCUT2D eigenvalue weighted by atomic mass is 35.5. The number of benzene rings is 1. The van der Waals surface area contributed by atoms with Crippen molar-refractivity contribution in [2.24, 2.45) is 0 Å². The molecule has 14 heavy (non-hydrogen) atoms. The van der Waals surface area contributed by atoms with E-state index in [1.807, 2.05) is 12.2 Å². The first kappa shape index (κ1) is 10.9. The zero-order valence-corrected chi connectivity index (χ0v) is 8.11. The van der Waals surface area contributed by atoms with Crippen molar-refractivity contribution in [2.75, 3.05) is 5.32 Å². The summed E-state index contributed by atoms with van der Waals surface area (Å²) in [5.74, 6) is -1.52. The van der Waals surface area contributed by atoms with Crippen molar-refractivity contribution in [1.82, 2.24) is 0 Å². The highest BCUT2D eigenvalue weighted by molar-refractivity contribution is 6.33. The zero-order valence-electron chi connectivity index (χ0n) is 7.35. The van der Waals surface area contributed by atoms with E-state index in [-0.39, 0.29) is 0 Å². The van der Waals surface area contributed by atoms with Gasteiger partial charge < -0.3 is 5.32 Å². The highest BCUT2D eigenvalue weighted by Crippen LogP contribution is 2.21. The number of amides is 1. The maximum atomic E-state index is 12.2. The van der Waals surface area contributed by atoms with E-state index in [2.05, 4.69) is 11.6 Å². The third kappa shape index (κ3) is 2.96. The molecule has 0 aliphatic carbocycles. The summed E-state index contributed by atoms with van der Waals surface area (Å²) in [6, 6.07) is 6.44. The number of hydrogen-bond donors (Lipinski definition) is 1. The van der Waals surface area contributed by atoms with Gasteiger partial charge in [-0.15, -0.1) is 0 Å². The summed E-state index contributed by atoms with van der Waals surface area (Å²) in [6.45, 7) is 1.85. The van der Waals surface area contributed by atoms with Crippen molar-refractivity contribution in [1.29, 1.82) is 0 Å². The van der Waals surface area contributed by atoms with Crippen LogP contribution >= 0.6 is 11.6 Å². The normalized spacial score (nSPS) is 11.1. The number of carbonyl (C=O) groups is 1. The Bertz CT molecular complexity index is 332. The van der Waals surface area contributed by atoms with Crippen LogP contribution in [0.5, 0.6) is 0 Å². The molecule has 0 unspecified atom stereocenters. The predicted octanol–water partition coefficient (Wildman–Crippen LogP) is 2.77. The Balaban J connectivity index is 2.71. The average molecular weight is 220 g/mol. The summed E-state index contributed by atoms with van der Waals surface area (Å²) in [5.41, 5.74) is 1.27. The molecule has 0 bridgehead atoms. The second-order valence-electron chi connectivity index (χ2n) is 2.82. The molecule has 0 saturated carbocycles. The van der Waals surface area contributed by atoms with Gasteiger partial charge in [-0.2, -0.15) is 8.78 Å². The molecule has 1 rings (SSSR count). The SMILES string of the molecule is Cc1ccc(NC(=O)C(F)(F)Cl)cc1. The minimum atomic E-state index is -3.87. The van der Waals surface area contributed by atoms with Crippen molar-refractivity contribution in [2.45, 2.75) is 12.3 Å². The molecular weight excluding hydrogens is 212 g/mol. The number of aryl methyl sites for hydroxylation is 1. The Labute approximate surface area is 84.9 Å². The van der Waals surface area contributed by atoms with Crippen molar-refractivity contribution < 1.29 is 13.6 Å². The smallest absolute Gasteiger partial charge is 0.320 e. The van der Waals surface area contributed by atoms with Crippen molar-refractivity contribution in [3.63, 3.8) is 0 Å². The van der Waals surface area contributed by atoms with Crippen LogP contribution in [0.2, 0.25) is 0 Å². The maximum Gasteiger partial charge on any atom is 0.400 e. The number of anilines is 1. The van der Waals surface area contributed by atoms with Gasteiger partial charge in [-0.3, -0.25) is 4.79 Å². The van der Waals surface area contributed by atoms with Gasteiger partial charge in [0.15, 0.2) is 0 Å². The molecule has 0 aliphatic rings. The minimum Gasteiger partial charge on any atom is -0.320 e. The molecule has 0 heterocycles. The summed E-state index contributed by atoms with van der Waals surface area (Å²) in [6.07, 6.45) is 0. The summed E-state index contributed by atoms with van der Waals surface area (Å²) in [7, 11) is 0. The molecule has 5 heteroatoms. The van der Waals surface area contributed by atoms with Gasteiger partial charge in [0.1, 0.15) is 0 Å². The second-order valence-corrected chi connectivity index (χ2v) is 3.29. The van der Waals surface area contributed by atoms with Gasteiger partial charge in [-0.1, -0.05) is 17.7 Å². The van der Waals surface area contributed by atoms with Gasteiger partial charge in [-0.05, 0) is 30.7 Å². The summed E-state index contributed by atoms with van der Waals surface area (Å²) in [5, 5.41) is -1.88. The molecule has 1 aromatic rings. The van der Waals surface area contributed by atoms with Gasteiger partial charge in [0, 0.05) is 5.69 Å². The first-order chi connectivity index (χ1) is 6.39. The summed E-state index contributed by atoms with van der Waals surface area (Å²) < 4.78 is 24.5. The molecule has 0 aromatic heterocycles. The van der Waals surface area contributed by atoms with Crippen LogP contribution in [0.1, 0.15) is 5.56 Å². The predicted molar refractivity (Wildman–Crippen MR) is 50.6 cm³/mol. The number of halogens is 3. The van der Waals surface area contributed by atoms with E-state index in [0.717, 1.165) is 5.56 Å². The fourth-order valence-corrected chi connectivity index (χ4v) is 0.886. The molecular formula is C9H8ClF2NO. The van der Waals surface area contributed by atoms with Crippen LogP contribution in [0.4, 0.5) is 14.5 Å². The van der Waals surface area contributed by atoms with E-state index in [1.54, 1.807) is 12.1 Å². The Morgan fingerprint density at radius 1 is 1.36 bits per heavy atom. The standard InChI is InChI=1S/C9H8ClF2NO/c1-6-2-4-7(5-3-6)13-8(14)9(10,11)12/h2-5H,1H3,(H,13,14). The van der Waals surface area contributed by atoms with Gasteiger partial charge in [0.2, 0.25) is 0 Å². The molecule has 0 aliphatic heterocycles. The summed E-state index contributed by atoms with van der Waals surface area (Å²) >= 11 is 4.52. The molecule has 1 aromatic carbocycles. The molecule has 1 N–H and O–H groups in total. The van der Waals surface area contributed by atoms with Gasteiger partial charge >= 0.3 is 11.3 Å². The number of alkyl halides is 3. The molecule has 0 spiro atoms. The lowest BCUT2D eigenvalue weighted by atomic mass is 10.2. The maximum absolute atomic E-state index is 12.2. The topological polar surface area (TPSA) is 29.1 Å². The molecule has 0 atom stereocenters.